The van der Waals surface area contributed by atoms with Crippen LogP contribution >= 0.6 is 15.9 Å². The standard InChI is InChI=1S/C16H16BrF2N/c1-2-16(11-3-5-13(17)6-4-11)20-10-12-9-14(18)7-8-15(12)19/h3-9,16,20H,2,10H2,1H3. The number of nitrogens with one attached hydrogen (secondary N) is 1. The first-order chi connectivity index (χ1) is 9.60. The van der Waals surface area contributed by atoms with Gasteiger partial charge in [0.05, 0.1) is 0 Å². The van der Waals surface area contributed by atoms with Gasteiger partial charge in [-0.05, 0) is 42.3 Å². The molecule has 106 valence electrons. The summed E-state index contributed by atoms with van der Waals surface area (Å²) in [5, 5.41) is 3.27. The predicted molar refractivity (Wildman–Crippen MR) is 80.4 cm³/mol. The zero-order valence-electron chi connectivity index (χ0n) is 11.2. The highest BCUT2D eigenvalue weighted by Gasteiger charge is 2.10. The van der Waals surface area contributed by atoms with Crippen molar-refractivity contribution in [3.8, 4) is 0 Å². The van der Waals surface area contributed by atoms with Crippen LogP contribution in [-0.4, -0.2) is 0 Å². The van der Waals surface area contributed by atoms with Crippen molar-refractivity contribution in [3.63, 3.8) is 0 Å². The Bertz CT molecular complexity index is 569. The summed E-state index contributed by atoms with van der Waals surface area (Å²) in [6.07, 6.45) is 0.874. The van der Waals surface area contributed by atoms with Crippen molar-refractivity contribution in [1.29, 1.82) is 0 Å². The third kappa shape index (κ3) is 3.87. The summed E-state index contributed by atoms with van der Waals surface area (Å²) in [6, 6.07) is 11.6. The van der Waals surface area contributed by atoms with Gasteiger partial charge < -0.3 is 5.32 Å². The minimum atomic E-state index is -0.417. The minimum Gasteiger partial charge on any atom is -0.306 e. The van der Waals surface area contributed by atoms with Crippen LogP contribution in [-0.2, 0) is 6.54 Å². The van der Waals surface area contributed by atoms with Crippen LogP contribution in [0.15, 0.2) is 46.9 Å². The monoisotopic (exact) mass is 339 g/mol. The summed E-state index contributed by atoms with van der Waals surface area (Å²) in [4.78, 5) is 0. The van der Waals surface area contributed by atoms with Crippen molar-refractivity contribution in [2.45, 2.75) is 25.9 Å². The third-order valence-corrected chi connectivity index (χ3v) is 3.76. The van der Waals surface area contributed by atoms with Gasteiger partial charge in [-0.25, -0.2) is 8.78 Å². The largest absolute Gasteiger partial charge is 0.306 e. The molecule has 0 bridgehead atoms. The molecule has 0 fully saturated rings. The SMILES string of the molecule is CCC(NCc1cc(F)ccc1F)c1ccc(Br)cc1. The molecule has 2 rings (SSSR count). The maximum absolute atomic E-state index is 13.6. The first kappa shape index (κ1) is 15.1. The molecule has 4 heteroatoms. The van der Waals surface area contributed by atoms with Crippen LogP contribution in [0.4, 0.5) is 8.78 Å². The van der Waals surface area contributed by atoms with E-state index < -0.39 is 5.82 Å². The molecule has 2 aromatic carbocycles. The average molecular weight is 340 g/mol. The molecule has 0 spiro atoms. The molecule has 0 aliphatic rings. The molecule has 1 unspecified atom stereocenters. The second-order valence-electron chi connectivity index (χ2n) is 4.63. The maximum Gasteiger partial charge on any atom is 0.127 e. The highest BCUT2D eigenvalue weighted by atomic mass is 79.9. The molecule has 0 radical (unpaired) electrons. The van der Waals surface area contributed by atoms with Gasteiger partial charge in [0, 0.05) is 22.6 Å². The minimum absolute atomic E-state index is 0.116. The molecule has 0 amide bonds. The molecule has 0 saturated carbocycles. The van der Waals surface area contributed by atoms with Gasteiger partial charge >= 0.3 is 0 Å². The molecule has 1 N–H and O–H groups in total. The van der Waals surface area contributed by atoms with E-state index in [0.29, 0.717) is 12.1 Å². The van der Waals surface area contributed by atoms with Crippen LogP contribution in [0.25, 0.3) is 0 Å². The van der Waals surface area contributed by atoms with Gasteiger partial charge in [0.15, 0.2) is 0 Å². The van der Waals surface area contributed by atoms with E-state index >= 15 is 0 Å². The van der Waals surface area contributed by atoms with Crippen LogP contribution in [0.5, 0.6) is 0 Å². The van der Waals surface area contributed by atoms with E-state index in [1.807, 2.05) is 24.3 Å². The van der Waals surface area contributed by atoms with E-state index in [-0.39, 0.29) is 11.9 Å². The maximum atomic E-state index is 13.6. The Morgan fingerprint density at radius 3 is 2.45 bits per heavy atom. The van der Waals surface area contributed by atoms with Crippen LogP contribution in [0, 0.1) is 11.6 Å². The van der Waals surface area contributed by atoms with Crippen molar-refractivity contribution in [2.24, 2.45) is 0 Å². The predicted octanol–water partition coefficient (Wildman–Crippen LogP) is 4.97. The van der Waals surface area contributed by atoms with Crippen LogP contribution in [0.2, 0.25) is 0 Å². The Hall–Kier alpha value is -1.26. The van der Waals surface area contributed by atoms with Crippen molar-refractivity contribution in [2.75, 3.05) is 0 Å². The Kier molecular flexibility index (Phi) is 5.26. The van der Waals surface area contributed by atoms with Gasteiger partial charge in [-0.15, -0.1) is 0 Å². The van der Waals surface area contributed by atoms with Gasteiger partial charge in [-0.2, -0.15) is 0 Å². The molecule has 1 atom stereocenters. The molecule has 0 aliphatic carbocycles. The van der Waals surface area contributed by atoms with Crippen LogP contribution in [0.3, 0.4) is 0 Å². The molecule has 0 aromatic heterocycles. The Labute approximate surface area is 126 Å². The quantitative estimate of drug-likeness (QED) is 0.810. The second-order valence-corrected chi connectivity index (χ2v) is 5.54. The Morgan fingerprint density at radius 1 is 1.10 bits per heavy atom. The summed E-state index contributed by atoms with van der Waals surface area (Å²) in [6.45, 7) is 2.36. The third-order valence-electron chi connectivity index (χ3n) is 3.23. The fourth-order valence-corrected chi connectivity index (χ4v) is 2.37. The average Bonchev–Trinajstić information content (AvgIpc) is 2.45. The lowest BCUT2D eigenvalue weighted by atomic mass is 10.0. The van der Waals surface area contributed by atoms with E-state index in [1.54, 1.807) is 0 Å². The summed E-state index contributed by atoms with van der Waals surface area (Å²) in [7, 11) is 0. The molecular weight excluding hydrogens is 324 g/mol. The summed E-state index contributed by atoms with van der Waals surface area (Å²) < 4.78 is 27.7. The summed E-state index contributed by atoms with van der Waals surface area (Å²) >= 11 is 3.40. The lowest BCUT2D eigenvalue weighted by molar-refractivity contribution is 0.500. The van der Waals surface area contributed by atoms with Crippen LogP contribution < -0.4 is 5.32 Å². The normalized spacial score (nSPS) is 12.4. The summed E-state index contributed by atoms with van der Waals surface area (Å²) in [5.41, 5.74) is 1.48. The number of hydrogen-bond donors (Lipinski definition) is 1. The second kappa shape index (κ2) is 6.95. The highest BCUT2D eigenvalue weighted by Crippen LogP contribution is 2.20. The molecule has 20 heavy (non-hydrogen) atoms. The lowest BCUT2D eigenvalue weighted by Gasteiger charge is -2.18. The van der Waals surface area contributed by atoms with E-state index in [4.69, 9.17) is 0 Å². The van der Waals surface area contributed by atoms with Crippen molar-refractivity contribution in [3.05, 3.63) is 69.7 Å². The zero-order valence-corrected chi connectivity index (χ0v) is 12.8. The Morgan fingerprint density at radius 2 is 1.80 bits per heavy atom. The van der Waals surface area contributed by atoms with Gasteiger partial charge in [0.25, 0.3) is 0 Å². The van der Waals surface area contributed by atoms with Crippen LogP contribution in [0.1, 0.15) is 30.5 Å². The van der Waals surface area contributed by atoms with Gasteiger partial charge in [0.1, 0.15) is 11.6 Å². The van der Waals surface area contributed by atoms with E-state index in [1.165, 1.54) is 6.07 Å². The smallest absolute Gasteiger partial charge is 0.127 e. The van der Waals surface area contributed by atoms with Gasteiger partial charge in [-0.1, -0.05) is 35.0 Å². The molecule has 0 heterocycles. The first-order valence-corrected chi connectivity index (χ1v) is 7.32. The Balaban J connectivity index is 2.07. The molecule has 2 aromatic rings. The fourth-order valence-electron chi connectivity index (χ4n) is 2.10. The van der Waals surface area contributed by atoms with Crippen molar-refractivity contribution in [1.82, 2.24) is 5.32 Å². The van der Waals surface area contributed by atoms with Gasteiger partial charge in [-0.3, -0.25) is 0 Å². The fraction of sp³-hybridized carbons (Fsp3) is 0.250. The van der Waals surface area contributed by atoms with E-state index in [2.05, 4.69) is 28.2 Å². The molecule has 1 nitrogen and oxygen atoms in total. The lowest BCUT2D eigenvalue weighted by Crippen LogP contribution is -2.21. The number of benzene rings is 2. The molecule has 0 aliphatic heterocycles. The zero-order chi connectivity index (χ0) is 14.5. The first-order valence-electron chi connectivity index (χ1n) is 6.53. The number of rotatable bonds is 5. The van der Waals surface area contributed by atoms with Gasteiger partial charge in [0.2, 0.25) is 0 Å². The molecule has 0 saturated heterocycles. The van der Waals surface area contributed by atoms with Crippen molar-refractivity contribution < 1.29 is 8.78 Å². The number of halogens is 3. The molecular formula is C16H16BrF2N. The van der Waals surface area contributed by atoms with E-state index in [9.17, 15) is 8.78 Å². The topological polar surface area (TPSA) is 12.0 Å². The summed E-state index contributed by atoms with van der Waals surface area (Å²) in [5.74, 6) is -0.801. The number of hydrogen-bond acceptors (Lipinski definition) is 1. The van der Waals surface area contributed by atoms with Crippen molar-refractivity contribution >= 4 is 15.9 Å². The van der Waals surface area contributed by atoms with E-state index in [0.717, 1.165) is 28.6 Å². The highest BCUT2D eigenvalue weighted by molar-refractivity contribution is 9.10.